The van der Waals surface area contributed by atoms with Crippen LogP contribution in [0.1, 0.15) is 28.6 Å². The number of furan rings is 1. The first-order chi connectivity index (χ1) is 12.6. The highest BCUT2D eigenvalue weighted by Gasteiger charge is 2.06. The SMILES string of the molecule is CCNC(=NCc1ccc(C(=O)NCC(N)=O)cc1)NCc1ccco1.I. The molecule has 2 rings (SSSR count). The van der Waals surface area contributed by atoms with E-state index in [0.717, 1.165) is 17.9 Å². The molecule has 0 fully saturated rings. The lowest BCUT2D eigenvalue weighted by Gasteiger charge is -2.10. The lowest BCUT2D eigenvalue weighted by atomic mass is 10.1. The third-order valence-electron chi connectivity index (χ3n) is 3.41. The molecule has 8 nitrogen and oxygen atoms in total. The van der Waals surface area contributed by atoms with Crippen molar-refractivity contribution in [1.29, 1.82) is 0 Å². The highest BCUT2D eigenvalue weighted by molar-refractivity contribution is 14.0. The average Bonchev–Trinajstić information content (AvgIpc) is 3.16. The first-order valence-electron chi connectivity index (χ1n) is 8.28. The summed E-state index contributed by atoms with van der Waals surface area (Å²) in [4.78, 5) is 27.0. The number of hydrogen-bond acceptors (Lipinski definition) is 4. The van der Waals surface area contributed by atoms with Crippen molar-refractivity contribution in [2.24, 2.45) is 10.7 Å². The Balaban J connectivity index is 0.00000364. The molecule has 5 N–H and O–H groups in total. The molecule has 27 heavy (non-hydrogen) atoms. The molecule has 0 saturated heterocycles. The number of halogens is 1. The summed E-state index contributed by atoms with van der Waals surface area (Å²) in [5.41, 5.74) is 6.42. The van der Waals surface area contributed by atoms with Crippen LogP contribution in [0.5, 0.6) is 0 Å². The molecule has 0 unspecified atom stereocenters. The minimum atomic E-state index is -0.581. The van der Waals surface area contributed by atoms with Crippen LogP contribution in [0.4, 0.5) is 0 Å². The molecule has 0 atom stereocenters. The third kappa shape index (κ3) is 8.11. The van der Waals surface area contributed by atoms with Gasteiger partial charge >= 0.3 is 0 Å². The molecule has 0 spiro atoms. The minimum Gasteiger partial charge on any atom is -0.467 e. The van der Waals surface area contributed by atoms with Crippen molar-refractivity contribution in [3.05, 3.63) is 59.5 Å². The zero-order valence-electron chi connectivity index (χ0n) is 15.0. The molecule has 1 aromatic carbocycles. The van der Waals surface area contributed by atoms with Crippen LogP contribution in [0.2, 0.25) is 0 Å². The standard InChI is InChI=1S/C18H23N5O3.HI/c1-2-20-18(23-11-15-4-3-9-26-15)22-10-13-5-7-14(8-6-13)17(25)21-12-16(19)24;/h3-9H,2,10-12H2,1H3,(H2,19,24)(H,21,25)(H2,20,22,23);1H. The lowest BCUT2D eigenvalue weighted by molar-refractivity contribution is -0.117. The minimum absolute atomic E-state index is 0. The topological polar surface area (TPSA) is 122 Å². The maximum atomic E-state index is 11.8. The number of nitrogens with two attached hydrogens (primary N) is 1. The summed E-state index contributed by atoms with van der Waals surface area (Å²) in [5.74, 6) is 0.573. The van der Waals surface area contributed by atoms with Crippen LogP contribution in [-0.4, -0.2) is 30.9 Å². The van der Waals surface area contributed by atoms with E-state index in [1.807, 2.05) is 31.2 Å². The van der Waals surface area contributed by atoms with Crippen molar-refractivity contribution in [3.63, 3.8) is 0 Å². The molecule has 9 heteroatoms. The molecule has 2 aromatic rings. The number of nitrogens with one attached hydrogen (secondary N) is 3. The molecule has 0 radical (unpaired) electrons. The second-order valence-corrected chi connectivity index (χ2v) is 5.47. The summed E-state index contributed by atoms with van der Waals surface area (Å²) in [6.45, 7) is 3.54. The van der Waals surface area contributed by atoms with Gasteiger partial charge in [0.1, 0.15) is 5.76 Å². The first kappa shape index (κ1) is 22.5. The van der Waals surface area contributed by atoms with Crippen molar-refractivity contribution in [3.8, 4) is 0 Å². The number of rotatable bonds is 8. The smallest absolute Gasteiger partial charge is 0.251 e. The summed E-state index contributed by atoms with van der Waals surface area (Å²) in [6, 6.07) is 10.7. The van der Waals surface area contributed by atoms with Crippen molar-refractivity contribution in [1.82, 2.24) is 16.0 Å². The molecular formula is C18H24IN5O3. The van der Waals surface area contributed by atoms with E-state index in [1.165, 1.54) is 0 Å². The van der Waals surface area contributed by atoms with Gasteiger partial charge in [0.15, 0.2) is 5.96 Å². The highest BCUT2D eigenvalue weighted by atomic mass is 127. The second-order valence-electron chi connectivity index (χ2n) is 5.47. The van der Waals surface area contributed by atoms with E-state index in [9.17, 15) is 9.59 Å². The van der Waals surface area contributed by atoms with E-state index >= 15 is 0 Å². The van der Waals surface area contributed by atoms with E-state index in [4.69, 9.17) is 10.2 Å². The van der Waals surface area contributed by atoms with Gasteiger partial charge in [-0.05, 0) is 36.8 Å². The van der Waals surface area contributed by atoms with Crippen molar-refractivity contribution < 1.29 is 14.0 Å². The zero-order valence-corrected chi connectivity index (χ0v) is 17.4. The fraction of sp³-hybridized carbons (Fsp3) is 0.278. The summed E-state index contributed by atoms with van der Waals surface area (Å²) < 4.78 is 5.28. The van der Waals surface area contributed by atoms with Crippen LogP contribution in [-0.2, 0) is 17.9 Å². The van der Waals surface area contributed by atoms with E-state index in [0.29, 0.717) is 24.6 Å². The molecule has 0 saturated carbocycles. The predicted octanol–water partition coefficient (Wildman–Crippen LogP) is 1.37. The van der Waals surface area contributed by atoms with Crippen LogP contribution in [0.3, 0.4) is 0 Å². The largest absolute Gasteiger partial charge is 0.467 e. The number of aliphatic imine (C=N–C) groups is 1. The van der Waals surface area contributed by atoms with E-state index < -0.39 is 5.91 Å². The fourth-order valence-electron chi connectivity index (χ4n) is 2.13. The van der Waals surface area contributed by atoms with E-state index in [1.54, 1.807) is 18.4 Å². The summed E-state index contributed by atoms with van der Waals surface area (Å²) >= 11 is 0. The number of guanidine groups is 1. The maximum absolute atomic E-state index is 11.8. The van der Waals surface area contributed by atoms with Gasteiger partial charge in [-0.3, -0.25) is 9.59 Å². The molecule has 1 heterocycles. The van der Waals surface area contributed by atoms with Crippen LogP contribution in [0, 0.1) is 0 Å². The van der Waals surface area contributed by atoms with Gasteiger partial charge in [0, 0.05) is 12.1 Å². The summed E-state index contributed by atoms with van der Waals surface area (Å²) in [5, 5.41) is 8.79. The van der Waals surface area contributed by atoms with E-state index in [-0.39, 0.29) is 36.4 Å². The van der Waals surface area contributed by atoms with Gasteiger partial charge in [-0.2, -0.15) is 0 Å². The molecule has 0 bridgehead atoms. The van der Waals surface area contributed by atoms with Crippen LogP contribution < -0.4 is 21.7 Å². The molecule has 2 amide bonds. The van der Waals surface area contributed by atoms with E-state index in [2.05, 4.69) is 20.9 Å². The first-order valence-corrected chi connectivity index (χ1v) is 8.28. The zero-order chi connectivity index (χ0) is 18.8. The monoisotopic (exact) mass is 485 g/mol. The molecular weight excluding hydrogens is 461 g/mol. The third-order valence-corrected chi connectivity index (χ3v) is 3.41. The van der Waals surface area contributed by atoms with Gasteiger partial charge in [-0.1, -0.05) is 12.1 Å². The number of nitrogens with zero attached hydrogens (tertiary/aromatic N) is 1. The Bertz CT molecular complexity index is 745. The summed E-state index contributed by atoms with van der Waals surface area (Å²) in [6.07, 6.45) is 1.63. The Morgan fingerprint density at radius 1 is 1.11 bits per heavy atom. The fourth-order valence-corrected chi connectivity index (χ4v) is 2.13. The van der Waals surface area contributed by atoms with Crippen LogP contribution in [0.25, 0.3) is 0 Å². The normalized spacial score (nSPS) is 10.6. The number of amides is 2. The van der Waals surface area contributed by atoms with Gasteiger partial charge in [0.25, 0.3) is 5.91 Å². The Morgan fingerprint density at radius 2 is 1.85 bits per heavy atom. The van der Waals surface area contributed by atoms with Crippen LogP contribution >= 0.6 is 24.0 Å². The van der Waals surface area contributed by atoms with Gasteiger partial charge < -0.3 is 26.1 Å². The molecule has 0 aliphatic carbocycles. The molecule has 0 aliphatic rings. The van der Waals surface area contributed by atoms with Crippen molar-refractivity contribution in [2.45, 2.75) is 20.0 Å². The van der Waals surface area contributed by atoms with Crippen LogP contribution in [0.15, 0.2) is 52.1 Å². The number of carbonyl (C=O) groups excluding carboxylic acids is 2. The predicted molar refractivity (Wildman–Crippen MR) is 114 cm³/mol. The Labute approximate surface area is 175 Å². The van der Waals surface area contributed by atoms with Crippen molar-refractivity contribution in [2.75, 3.05) is 13.1 Å². The highest BCUT2D eigenvalue weighted by Crippen LogP contribution is 2.06. The number of primary amides is 1. The Hall–Kier alpha value is -2.56. The van der Waals surface area contributed by atoms with Gasteiger partial charge in [0.05, 0.1) is 25.9 Å². The summed E-state index contributed by atoms with van der Waals surface area (Å²) in [7, 11) is 0. The Morgan fingerprint density at radius 3 is 2.44 bits per heavy atom. The molecule has 1 aromatic heterocycles. The second kappa shape index (κ2) is 11.9. The molecule has 146 valence electrons. The number of carbonyl (C=O) groups is 2. The quantitative estimate of drug-likeness (QED) is 0.256. The molecule has 0 aliphatic heterocycles. The van der Waals surface area contributed by atoms with Gasteiger partial charge in [-0.25, -0.2) is 4.99 Å². The average molecular weight is 485 g/mol. The maximum Gasteiger partial charge on any atom is 0.251 e. The number of benzene rings is 1. The van der Waals surface area contributed by atoms with Crippen molar-refractivity contribution >= 4 is 41.8 Å². The lowest BCUT2D eigenvalue weighted by Crippen LogP contribution is -2.36. The van der Waals surface area contributed by atoms with Gasteiger partial charge in [-0.15, -0.1) is 24.0 Å². The number of hydrogen-bond donors (Lipinski definition) is 4. The van der Waals surface area contributed by atoms with Gasteiger partial charge in [0.2, 0.25) is 5.91 Å². The Kier molecular flexibility index (Phi) is 9.94.